The summed E-state index contributed by atoms with van der Waals surface area (Å²) in [5.74, 6) is -0.343. The lowest BCUT2D eigenvalue weighted by atomic mass is 10.3. The highest BCUT2D eigenvalue weighted by Crippen LogP contribution is 2.26. The normalized spacial score (nSPS) is 9.29. The van der Waals surface area contributed by atoms with Crippen molar-refractivity contribution in [2.75, 3.05) is 12.8 Å². The van der Waals surface area contributed by atoms with E-state index in [1.807, 2.05) is 6.07 Å². The third-order valence-electron chi connectivity index (χ3n) is 1.68. The Labute approximate surface area is 93.7 Å². The number of thiophene rings is 1. The average molecular weight is 236 g/mol. The molecule has 1 aromatic rings. The largest absolute Gasteiger partial charge is 0.465 e. The number of anilines is 1. The molecule has 0 fully saturated rings. The lowest BCUT2D eigenvalue weighted by molar-refractivity contribution is 0.0607. The van der Waals surface area contributed by atoms with Crippen molar-refractivity contribution in [2.45, 2.75) is 19.8 Å². The topological polar surface area (TPSA) is 52.3 Å². The number of hydrogen-bond donors (Lipinski definition) is 1. The Morgan fingerprint density at radius 3 is 2.79 bits per heavy atom. The van der Waals surface area contributed by atoms with Crippen LogP contribution in [0.1, 0.15) is 27.9 Å². The maximum absolute atomic E-state index is 11.2. The predicted octanol–water partition coefficient (Wildman–Crippen LogP) is 2.49. The highest BCUT2D eigenvalue weighted by Gasteiger charge is 2.13. The Balaban J connectivity index is 0.00000169. The molecule has 0 amide bonds. The van der Waals surface area contributed by atoms with Gasteiger partial charge in [0.15, 0.2) is 0 Å². The molecular weight excluding hydrogens is 222 g/mol. The van der Waals surface area contributed by atoms with Crippen LogP contribution in [0.3, 0.4) is 0 Å². The van der Waals surface area contributed by atoms with Gasteiger partial charge in [-0.2, -0.15) is 0 Å². The van der Waals surface area contributed by atoms with E-state index in [9.17, 15) is 4.79 Å². The van der Waals surface area contributed by atoms with Gasteiger partial charge in [-0.3, -0.25) is 0 Å². The molecule has 2 N–H and O–H groups in total. The van der Waals surface area contributed by atoms with Crippen LogP contribution < -0.4 is 5.73 Å². The van der Waals surface area contributed by atoms with Crippen LogP contribution in [0.4, 0.5) is 5.69 Å². The number of hydrogen-bond acceptors (Lipinski definition) is 4. The summed E-state index contributed by atoms with van der Waals surface area (Å²) in [6.07, 6.45) is 2.02. The van der Waals surface area contributed by atoms with E-state index in [-0.39, 0.29) is 18.4 Å². The van der Waals surface area contributed by atoms with Crippen LogP contribution in [-0.2, 0) is 11.2 Å². The molecule has 0 aliphatic carbocycles. The van der Waals surface area contributed by atoms with Gasteiger partial charge in [0.05, 0.1) is 12.8 Å². The second-order valence-electron chi connectivity index (χ2n) is 2.74. The van der Waals surface area contributed by atoms with Crippen molar-refractivity contribution in [2.24, 2.45) is 0 Å². The Bertz CT molecular complexity index is 312. The van der Waals surface area contributed by atoms with Gasteiger partial charge < -0.3 is 10.5 Å². The van der Waals surface area contributed by atoms with Gasteiger partial charge in [0.1, 0.15) is 4.88 Å². The zero-order valence-electron chi connectivity index (χ0n) is 8.20. The second kappa shape index (κ2) is 5.88. The number of nitrogens with two attached hydrogens (primary N) is 1. The quantitative estimate of drug-likeness (QED) is 0.819. The van der Waals surface area contributed by atoms with Crippen molar-refractivity contribution in [3.63, 3.8) is 0 Å². The van der Waals surface area contributed by atoms with Crippen molar-refractivity contribution in [1.29, 1.82) is 0 Å². The second-order valence-corrected chi connectivity index (χ2v) is 3.88. The molecule has 1 heterocycles. The standard InChI is InChI=1S/C9H13NO2S.ClH/c1-3-4-6-5-7(10)8(13-6)9(11)12-2;/h5H,3-4,10H2,1-2H3;1H. The van der Waals surface area contributed by atoms with Crippen LogP contribution >= 0.6 is 23.7 Å². The minimum absolute atomic E-state index is 0. The zero-order valence-corrected chi connectivity index (χ0v) is 9.83. The highest BCUT2D eigenvalue weighted by molar-refractivity contribution is 7.14. The fraction of sp³-hybridized carbons (Fsp3) is 0.444. The third kappa shape index (κ3) is 2.89. The van der Waals surface area contributed by atoms with Crippen LogP contribution in [-0.4, -0.2) is 13.1 Å². The molecule has 0 aliphatic heterocycles. The molecule has 0 saturated carbocycles. The first-order valence-corrected chi connectivity index (χ1v) is 4.97. The van der Waals surface area contributed by atoms with Crippen LogP contribution in [0.15, 0.2) is 6.07 Å². The van der Waals surface area contributed by atoms with Gasteiger partial charge >= 0.3 is 5.97 Å². The van der Waals surface area contributed by atoms with E-state index in [1.165, 1.54) is 18.4 Å². The fourth-order valence-corrected chi connectivity index (χ4v) is 2.18. The Morgan fingerprint density at radius 1 is 1.64 bits per heavy atom. The molecule has 0 unspecified atom stereocenters. The molecule has 1 aromatic heterocycles. The number of halogens is 1. The monoisotopic (exact) mass is 235 g/mol. The van der Waals surface area contributed by atoms with Crippen LogP contribution in [0.2, 0.25) is 0 Å². The maximum atomic E-state index is 11.2. The van der Waals surface area contributed by atoms with Gasteiger partial charge in [0.25, 0.3) is 0 Å². The number of rotatable bonds is 3. The van der Waals surface area contributed by atoms with Gasteiger partial charge in [0, 0.05) is 4.88 Å². The predicted molar refractivity (Wildman–Crippen MR) is 61.3 cm³/mol. The first-order valence-electron chi connectivity index (χ1n) is 4.15. The molecule has 14 heavy (non-hydrogen) atoms. The molecule has 80 valence electrons. The molecule has 5 heteroatoms. The average Bonchev–Trinajstić information content (AvgIpc) is 2.46. The van der Waals surface area contributed by atoms with E-state index in [0.29, 0.717) is 10.6 Å². The molecule has 0 atom stereocenters. The Hall–Kier alpha value is -0.740. The zero-order chi connectivity index (χ0) is 9.84. The highest BCUT2D eigenvalue weighted by atomic mass is 35.5. The van der Waals surface area contributed by atoms with Gasteiger partial charge in [-0.25, -0.2) is 4.79 Å². The van der Waals surface area contributed by atoms with Crippen LogP contribution in [0.5, 0.6) is 0 Å². The van der Waals surface area contributed by atoms with Crippen molar-refractivity contribution in [3.8, 4) is 0 Å². The summed E-state index contributed by atoms with van der Waals surface area (Å²) in [6, 6.07) is 1.85. The van der Waals surface area contributed by atoms with E-state index in [1.54, 1.807) is 0 Å². The Morgan fingerprint density at radius 2 is 2.29 bits per heavy atom. The SMILES string of the molecule is CCCc1cc(N)c(C(=O)OC)s1.Cl. The summed E-state index contributed by atoms with van der Waals surface area (Å²) in [5, 5.41) is 0. The number of aryl methyl sites for hydroxylation is 1. The van der Waals surface area contributed by atoms with Crippen molar-refractivity contribution in [1.82, 2.24) is 0 Å². The summed E-state index contributed by atoms with van der Waals surface area (Å²) in [6.45, 7) is 2.09. The molecule has 0 aromatic carbocycles. The maximum Gasteiger partial charge on any atom is 0.350 e. The summed E-state index contributed by atoms with van der Waals surface area (Å²) >= 11 is 1.42. The molecular formula is C9H14ClNO2S. The smallest absolute Gasteiger partial charge is 0.350 e. The van der Waals surface area contributed by atoms with Gasteiger partial charge in [-0.1, -0.05) is 13.3 Å². The van der Waals surface area contributed by atoms with E-state index in [4.69, 9.17) is 5.73 Å². The minimum Gasteiger partial charge on any atom is -0.465 e. The van der Waals surface area contributed by atoms with Gasteiger partial charge in [-0.05, 0) is 12.5 Å². The first kappa shape index (κ1) is 13.3. The lowest BCUT2D eigenvalue weighted by Gasteiger charge is -1.94. The number of esters is 1. The number of carbonyl (C=O) groups excluding carboxylic acids is 1. The third-order valence-corrected chi connectivity index (χ3v) is 2.87. The molecule has 3 nitrogen and oxygen atoms in total. The molecule has 0 spiro atoms. The van der Waals surface area contributed by atoms with E-state index in [2.05, 4.69) is 11.7 Å². The first-order chi connectivity index (χ1) is 6.19. The summed E-state index contributed by atoms with van der Waals surface area (Å²) in [7, 11) is 1.36. The number of nitrogen functional groups attached to an aromatic ring is 1. The number of methoxy groups -OCH3 is 1. The van der Waals surface area contributed by atoms with Crippen LogP contribution in [0.25, 0.3) is 0 Å². The van der Waals surface area contributed by atoms with Crippen molar-refractivity contribution < 1.29 is 9.53 Å². The number of carbonyl (C=O) groups is 1. The van der Waals surface area contributed by atoms with E-state index >= 15 is 0 Å². The molecule has 1 rings (SSSR count). The molecule has 0 saturated heterocycles. The number of ether oxygens (including phenoxy) is 1. The van der Waals surface area contributed by atoms with Crippen LogP contribution in [0, 0.1) is 0 Å². The summed E-state index contributed by atoms with van der Waals surface area (Å²) in [4.78, 5) is 12.8. The molecule has 0 aliphatic rings. The summed E-state index contributed by atoms with van der Waals surface area (Å²) in [5.41, 5.74) is 6.19. The fourth-order valence-electron chi connectivity index (χ4n) is 1.08. The van der Waals surface area contributed by atoms with Gasteiger partial charge in [0.2, 0.25) is 0 Å². The minimum atomic E-state index is -0.343. The van der Waals surface area contributed by atoms with E-state index < -0.39 is 0 Å². The van der Waals surface area contributed by atoms with Gasteiger partial charge in [-0.15, -0.1) is 23.7 Å². The van der Waals surface area contributed by atoms with E-state index in [0.717, 1.165) is 17.7 Å². The Kier molecular flexibility index (Phi) is 5.57. The summed E-state index contributed by atoms with van der Waals surface area (Å²) < 4.78 is 4.60. The van der Waals surface area contributed by atoms with Crippen molar-refractivity contribution in [3.05, 3.63) is 15.8 Å². The molecule has 0 radical (unpaired) electrons. The molecule has 0 bridgehead atoms. The lowest BCUT2D eigenvalue weighted by Crippen LogP contribution is -2.00. The van der Waals surface area contributed by atoms with Crippen molar-refractivity contribution >= 4 is 35.4 Å².